The summed E-state index contributed by atoms with van der Waals surface area (Å²) in [7, 11) is 0. The van der Waals surface area contributed by atoms with Gasteiger partial charge in [-0.3, -0.25) is 9.59 Å². The van der Waals surface area contributed by atoms with E-state index >= 15 is 0 Å². The van der Waals surface area contributed by atoms with E-state index in [9.17, 15) is 14.0 Å². The van der Waals surface area contributed by atoms with Crippen molar-refractivity contribution in [1.29, 1.82) is 0 Å². The molecule has 0 saturated carbocycles. The predicted molar refractivity (Wildman–Crippen MR) is 123 cm³/mol. The number of carbonyl (C=O) groups excluding carboxylic acids is 2. The van der Waals surface area contributed by atoms with Crippen LogP contribution < -0.4 is 10.1 Å². The van der Waals surface area contributed by atoms with Gasteiger partial charge in [-0.25, -0.2) is 4.39 Å². The number of carbonyl (C=O) groups is 2. The molecule has 0 unspecified atom stereocenters. The van der Waals surface area contributed by atoms with E-state index in [1.54, 1.807) is 19.1 Å². The summed E-state index contributed by atoms with van der Waals surface area (Å²) >= 11 is 3.49. The van der Waals surface area contributed by atoms with Crippen LogP contribution in [0.1, 0.15) is 51.7 Å². The van der Waals surface area contributed by atoms with E-state index in [1.165, 1.54) is 17.0 Å². The van der Waals surface area contributed by atoms with Crippen molar-refractivity contribution in [2.45, 2.75) is 59.2 Å². The van der Waals surface area contributed by atoms with Crippen molar-refractivity contribution in [2.24, 2.45) is 0 Å². The summed E-state index contributed by atoms with van der Waals surface area (Å²) in [6.45, 7) is 9.54. The molecule has 0 aliphatic heterocycles. The number of amides is 2. The van der Waals surface area contributed by atoms with Crippen LogP contribution in [0.5, 0.6) is 5.75 Å². The molecule has 5 nitrogen and oxygen atoms in total. The molecule has 2 aromatic carbocycles. The lowest BCUT2D eigenvalue weighted by molar-refractivity contribution is -0.142. The first-order valence-electron chi connectivity index (χ1n) is 10.3. The van der Waals surface area contributed by atoms with Crippen molar-refractivity contribution < 1.29 is 18.7 Å². The van der Waals surface area contributed by atoms with Gasteiger partial charge >= 0.3 is 0 Å². The Morgan fingerprint density at radius 3 is 2.26 bits per heavy atom. The van der Waals surface area contributed by atoms with Crippen molar-refractivity contribution in [3.05, 3.63) is 63.9 Å². The molecular formula is C24H30BrFN2O3. The van der Waals surface area contributed by atoms with Crippen LogP contribution in [0.3, 0.4) is 0 Å². The van der Waals surface area contributed by atoms with Crippen molar-refractivity contribution >= 4 is 27.7 Å². The highest BCUT2D eigenvalue weighted by molar-refractivity contribution is 9.10. The molecule has 1 atom stereocenters. The van der Waals surface area contributed by atoms with Gasteiger partial charge < -0.3 is 15.0 Å². The number of nitrogens with one attached hydrogen (secondary N) is 1. The van der Waals surface area contributed by atoms with Gasteiger partial charge in [-0.1, -0.05) is 32.0 Å². The molecule has 0 heterocycles. The Labute approximate surface area is 192 Å². The summed E-state index contributed by atoms with van der Waals surface area (Å²) in [5, 5.41) is 2.83. The van der Waals surface area contributed by atoms with Crippen LogP contribution in [-0.2, 0) is 16.1 Å². The second-order valence-corrected chi connectivity index (χ2v) is 8.97. The first-order valence-corrected chi connectivity index (χ1v) is 11.1. The molecule has 31 heavy (non-hydrogen) atoms. The zero-order chi connectivity index (χ0) is 23.1. The summed E-state index contributed by atoms with van der Waals surface area (Å²) in [4.78, 5) is 27.0. The number of ether oxygens (including phenoxy) is 1. The molecule has 168 valence electrons. The smallest absolute Gasteiger partial charge is 0.261 e. The number of rotatable bonds is 9. The molecule has 1 N–H and O–H groups in total. The Balaban J connectivity index is 2.16. The van der Waals surface area contributed by atoms with Gasteiger partial charge in [0.05, 0.1) is 4.47 Å². The third-order valence-corrected chi connectivity index (χ3v) is 5.46. The minimum absolute atomic E-state index is 0.0515. The van der Waals surface area contributed by atoms with Crippen molar-refractivity contribution in [2.75, 3.05) is 6.61 Å². The van der Waals surface area contributed by atoms with Gasteiger partial charge in [0.15, 0.2) is 6.61 Å². The fourth-order valence-corrected chi connectivity index (χ4v) is 3.50. The standard InChI is InChI=1S/C24H30BrFN2O3/c1-15(2)19-8-11-22(21(25)12-19)31-14-23(29)28(17(5)24(30)27-16(3)4)13-18-6-9-20(26)10-7-18/h6-12,15-17H,13-14H2,1-5H3,(H,27,30)/t17-/m0/s1. The lowest BCUT2D eigenvalue weighted by Gasteiger charge is -2.29. The average Bonchev–Trinajstić information content (AvgIpc) is 2.71. The highest BCUT2D eigenvalue weighted by Crippen LogP contribution is 2.29. The predicted octanol–water partition coefficient (Wildman–Crippen LogP) is 5.03. The molecule has 0 radical (unpaired) electrons. The first kappa shape index (κ1) is 24.9. The maximum absolute atomic E-state index is 13.3. The molecule has 2 aromatic rings. The van der Waals surface area contributed by atoms with E-state index < -0.39 is 6.04 Å². The van der Waals surface area contributed by atoms with E-state index in [-0.39, 0.29) is 36.8 Å². The fraction of sp³-hybridized carbons (Fsp3) is 0.417. The number of hydrogen-bond donors (Lipinski definition) is 1. The van der Waals surface area contributed by atoms with Gasteiger partial charge in [-0.2, -0.15) is 0 Å². The summed E-state index contributed by atoms with van der Waals surface area (Å²) in [5.74, 6) is -0.0222. The summed E-state index contributed by atoms with van der Waals surface area (Å²) < 4.78 is 19.8. The number of benzene rings is 2. The zero-order valence-corrected chi connectivity index (χ0v) is 20.2. The molecule has 0 aromatic heterocycles. The minimum atomic E-state index is -0.713. The van der Waals surface area contributed by atoms with Crippen LogP contribution in [0.4, 0.5) is 4.39 Å². The Bertz CT molecular complexity index is 900. The summed E-state index contributed by atoms with van der Waals surface area (Å²) in [5.41, 5.74) is 1.88. The molecule has 0 aliphatic rings. The SMILES string of the molecule is CC(C)NC(=O)[C@H](C)N(Cc1ccc(F)cc1)C(=O)COc1ccc(C(C)C)cc1Br. The largest absolute Gasteiger partial charge is 0.483 e. The van der Waals surface area contributed by atoms with Gasteiger partial charge in [-0.15, -0.1) is 0 Å². The molecule has 2 amide bonds. The lowest BCUT2D eigenvalue weighted by atomic mass is 10.0. The zero-order valence-electron chi connectivity index (χ0n) is 18.6. The van der Waals surface area contributed by atoms with E-state index in [0.29, 0.717) is 11.7 Å². The number of hydrogen-bond acceptors (Lipinski definition) is 3. The van der Waals surface area contributed by atoms with Crippen molar-refractivity contribution in [1.82, 2.24) is 10.2 Å². The van der Waals surface area contributed by atoms with E-state index in [1.807, 2.05) is 32.0 Å². The summed E-state index contributed by atoms with van der Waals surface area (Å²) in [6.07, 6.45) is 0. The van der Waals surface area contributed by atoms with Crippen LogP contribution in [0.25, 0.3) is 0 Å². The topological polar surface area (TPSA) is 58.6 Å². The average molecular weight is 493 g/mol. The Morgan fingerprint density at radius 1 is 1.06 bits per heavy atom. The Kier molecular flexibility index (Phi) is 9.04. The quantitative estimate of drug-likeness (QED) is 0.533. The monoisotopic (exact) mass is 492 g/mol. The second-order valence-electron chi connectivity index (χ2n) is 8.12. The minimum Gasteiger partial charge on any atom is -0.483 e. The van der Waals surface area contributed by atoms with Crippen molar-refractivity contribution in [3.63, 3.8) is 0 Å². The molecule has 0 saturated heterocycles. The first-order chi connectivity index (χ1) is 14.6. The van der Waals surface area contributed by atoms with Gasteiger partial charge in [0.1, 0.15) is 17.6 Å². The maximum atomic E-state index is 13.3. The normalized spacial score (nSPS) is 12.0. The van der Waals surface area contributed by atoms with Crippen LogP contribution in [-0.4, -0.2) is 35.4 Å². The van der Waals surface area contributed by atoms with Gasteiger partial charge in [0, 0.05) is 12.6 Å². The molecular weight excluding hydrogens is 463 g/mol. The third kappa shape index (κ3) is 7.35. The van der Waals surface area contributed by atoms with Crippen LogP contribution in [0.15, 0.2) is 46.9 Å². The molecule has 0 bridgehead atoms. The highest BCUT2D eigenvalue weighted by atomic mass is 79.9. The number of halogens is 2. The maximum Gasteiger partial charge on any atom is 0.261 e. The second kappa shape index (κ2) is 11.3. The van der Waals surface area contributed by atoms with Gasteiger partial charge in [0.2, 0.25) is 5.91 Å². The Hall–Kier alpha value is -2.41. The van der Waals surface area contributed by atoms with Crippen LogP contribution >= 0.6 is 15.9 Å². The third-order valence-electron chi connectivity index (χ3n) is 4.84. The molecule has 0 aliphatic carbocycles. The molecule has 0 fully saturated rings. The molecule has 2 rings (SSSR count). The number of nitrogens with zero attached hydrogens (tertiary/aromatic N) is 1. The van der Waals surface area contributed by atoms with Gasteiger partial charge in [0.25, 0.3) is 5.91 Å². The van der Waals surface area contributed by atoms with Crippen LogP contribution in [0, 0.1) is 5.82 Å². The van der Waals surface area contributed by atoms with E-state index in [4.69, 9.17) is 4.74 Å². The van der Waals surface area contributed by atoms with E-state index in [0.717, 1.165) is 15.6 Å². The van der Waals surface area contributed by atoms with E-state index in [2.05, 4.69) is 35.1 Å². The molecule has 0 spiro atoms. The van der Waals surface area contributed by atoms with Crippen LogP contribution in [0.2, 0.25) is 0 Å². The Morgan fingerprint density at radius 2 is 1.71 bits per heavy atom. The highest BCUT2D eigenvalue weighted by Gasteiger charge is 2.27. The van der Waals surface area contributed by atoms with Gasteiger partial charge in [-0.05, 0) is 78.0 Å². The summed E-state index contributed by atoms with van der Waals surface area (Å²) in [6, 6.07) is 10.9. The fourth-order valence-electron chi connectivity index (χ4n) is 2.99. The lowest BCUT2D eigenvalue weighted by Crippen LogP contribution is -2.50. The molecule has 7 heteroatoms. The van der Waals surface area contributed by atoms with Crippen molar-refractivity contribution in [3.8, 4) is 5.75 Å².